The maximum atomic E-state index is 13.0. The molecule has 2 amide bonds. The summed E-state index contributed by atoms with van der Waals surface area (Å²) in [5.74, 6) is 0.471. The molecule has 1 aromatic carbocycles. The van der Waals surface area contributed by atoms with Gasteiger partial charge in [0.15, 0.2) is 12.6 Å². The van der Waals surface area contributed by atoms with Gasteiger partial charge in [0.25, 0.3) is 11.8 Å². The van der Waals surface area contributed by atoms with Gasteiger partial charge in [-0.1, -0.05) is 11.6 Å². The maximum absolute atomic E-state index is 13.0. The van der Waals surface area contributed by atoms with Crippen LogP contribution in [-0.2, 0) is 9.59 Å². The number of benzene rings is 1. The molecule has 150 valence electrons. The molecule has 1 heterocycles. The monoisotopic (exact) mass is 396 g/mol. The number of ether oxygens (including phenoxy) is 1. The molecule has 0 spiro atoms. The molecule has 4 atom stereocenters. The smallest absolute Gasteiger partial charge is 0.281 e. The Labute approximate surface area is 166 Å². The van der Waals surface area contributed by atoms with Gasteiger partial charge in [-0.2, -0.15) is 0 Å². The molecule has 6 nitrogen and oxygen atoms in total. The first-order valence-corrected chi connectivity index (χ1v) is 9.90. The molecule has 1 aliphatic heterocycles. The number of hydrogen-bond acceptors (Lipinski definition) is 3. The fourth-order valence-corrected chi connectivity index (χ4v) is 3.84. The SMILES string of the molecule is COc1ccc(Cl)cc1NC(=O)C[NH+](C)[C@H](C)C(=O)N1[C@@H](C)CCC[C@@H]1C. The molecular weight excluding hydrogens is 366 g/mol. The fourth-order valence-electron chi connectivity index (χ4n) is 3.67. The van der Waals surface area contributed by atoms with E-state index < -0.39 is 0 Å². The lowest BCUT2D eigenvalue weighted by atomic mass is 9.96. The highest BCUT2D eigenvalue weighted by Crippen LogP contribution is 2.27. The zero-order valence-corrected chi connectivity index (χ0v) is 17.6. The lowest BCUT2D eigenvalue weighted by Crippen LogP contribution is -3.15. The second kappa shape index (κ2) is 9.42. The van der Waals surface area contributed by atoms with E-state index in [1.165, 1.54) is 7.11 Å². The van der Waals surface area contributed by atoms with Crippen molar-refractivity contribution in [1.29, 1.82) is 0 Å². The zero-order valence-electron chi connectivity index (χ0n) is 16.8. The van der Waals surface area contributed by atoms with Gasteiger partial charge in [-0.3, -0.25) is 9.59 Å². The van der Waals surface area contributed by atoms with Gasteiger partial charge in [0.1, 0.15) is 5.75 Å². The first-order chi connectivity index (χ1) is 12.7. The summed E-state index contributed by atoms with van der Waals surface area (Å²) in [4.78, 5) is 28.3. The summed E-state index contributed by atoms with van der Waals surface area (Å²) in [6, 6.07) is 5.27. The minimum Gasteiger partial charge on any atom is -0.495 e. The van der Waals surface area contributed by atoms with Crippen molar-refractivity contribution in [2.75, 3.05) is 26.0 Å². The van der Waals surface area contributed by atoms with E-state index in [0.29, 0.717) is 16.5 Å². The number of likely N-dealkylation sites (tertiary alicyclic amines) is 1. The second-order valence-corrected chi connectivity index (χ2v) is 7.95. The molecule has 1 saturated heterocycles. The van der Waals surface area contributed by atoms with E-state index in [1.54, 1.807) is 18.2 Å². The topological polar surface area (TPSA) is 63.1 Å². The normalized spacial score (nSPS) is 22.1. The average Bonchev–Trinajstić information content (AvgIpc) is 2.60. The Morgan fingerprint density at radius 2 is 1.96 bits per heavy atom. The van der Waals surface area contributed by atoms with Gasteiger partial charge in [0.2, 0.25) is 0 Å². The summed E-state index contributed by atoms with van der Waals surface area (Å²) in [5.41, 5.74) is 0.528. The second-order valence-electron chi connectivity index (χ2n) is 7.51. The molecule has 2 rings (SSSR count). The van der Waals surface area contributed by atoms with Gasteiger partial charge in [-0.15, -0.1) is 0 Å². The number of halogens is 1. The minimum absolute atomic E-state index is 0.111. The van der Waals surface area contributed by atoms with Crippen LogP contribution >= 0.6 is 11.6 Å². The van der Waals surface area contributed by atoms with E-state index in [4.69, 9.17) is 16.3 Å². The molecular formula is C20H31ClN3O3+. The van der Waals surface area contributed by atoms with Crippen molar-refractivity contribution >= 4 is 29.1 Å². The van der Waals surface area contributed by atoms with Crippen LogP contribution in [0.1, 0.15) is 40.0 Å². The third-order valence-electron chi connectivity index (χ3n) is 5.43. The number of nitrogens with zero attached hydrogens (tertiary/aromatic N) is 1. The molecule has 1 aliphatic rings. The van der Waals surface area contributed by atoms with Gasteiger partial charge in [0.05, 0.1) is 19.8 Å². The quantitative estimate of drug-likeness (QED) is 0.772. The number of piperidine rings is 1. The van der Waals surface area contributed by atoms with Crippen molar-refractivity contribution in [3.05, 3.63) is 23.2 Å². The molecule has 0 bridgehead atoms. The highest BCUT2D eigenvalue weighted by Gasteiger charge is 2.35. The number of anilines is 1. The average molecular weight is 397 g/mol. The molecule has 1 unspecified atom stereocenters. The van der Waals surface area contributed by atoms with Gasteiger partial charge >= 0.3 is 0 Å². The number of rotatable bonds is 6. The molecule has 1 fully saturated rings. The van der Waals surface area contributed by atoms with E-state index >= 15 is 0 Å². The largest absolute Gasteiger partial charge is 0.495 e. The molecule has 2 N–H and O–H groups in total. The summed E-state index contributed by atoms with van der Waals surface area (Å²) in [6.45, 7) is 6.28. The minimum atomic E-state index is -0.292. The highest BCUT2D eigenvalue weighted by molar-refractivity contribution is 6.31. The number of nitrogens with one attached hydrogen (secondary N) is 2. The summed E-state index contributed by atoms with van der Waals surface area (Å²) < 4.78 is 5.25. The van der Waals surface area contributed by atoms with Crippen LogP contribution < -0.4 is 15.0 Å². The molecule has 7 heteroatoms. The maximum Gasteiger partial charge on any atom is 0.281 e. The first kappa shape index (κ1) is 21.5. The molecule has 0 aliphatic carbocycles. The zero-order chi connectivity index (χ0) is 20.1. The van der Waals surface area contributed by atoms with Gasteiger partial charge in [0, 0.05) is 17.1 Å². The summed E-state index contributed by atoms with van der Waals surface area (Å²) in [5, 5.41) is 3.35. The van der Waals surface area contributed by atoms with Crippen LogP contribution in [0.5, 0.6) is 5.75 Å². The van der Waals surface area contributed by atoms with Crippen LogP contribution in [-0.4, -0.2) is 55.5 Å². The van der Waals surface area contributed by atoms with Crippen LogP contribution in [0.25, 0.3) is 0 Å². The molecule has 0 radical (unpaired) electrons. The summed E-state index contributed by atoms with van der Waals surface area (Å²) >= 11 is 6.01. The third-order valence-corrected chi connectivity index (χ3v) is 5.67. The third kappa shape index (κ3) is 5.36. The van der Waals surface area contributed by atoms with E-state index in [2.05, 4.69) is 19.2 Å². The van der Waals surface area contributed by atoms with Crippen molar-refractivity contribution < 1.29 is 19.2 Å². The van der Waals surface area contributed by atoms with Crippen LogP contribution in [0.15, 0.2) is 18.2 Å². The Morgan fingerprint density at radius 3 is 2.56 bits per heavy atom. The number of carbonyl (C=O) groups excluding carboxylic acids is 2. The van der Waals surface area contributed by atoms with Crippen molar-refractivity contribution in [1.82, 2.24) is 4.90 Å². The number of hydrogen-bond donors (Lipinski definition) is 2. The van der Waals surface area contributed by atoms with Gasteiger partial charge in [-0.05, 0) is 58.2 Å². The van der Waals surface area contributed by atoms with Gasteiger partial charge in [-0.25, -0.2) is 0 Å². The molecule has 1 aromatic rings. The Balaban J connectivity index is 1.99. The highest BCUT2D eigenvalue weighted by atomic mass is 35.5. The number of amides is 2. The standard InChI is InChI=1S/C20H30ClN3O3/c1-13-7-6-8-14(2)24(13)20(26)15(3)23(4)12-19(25)22-17-11-16(21)9-10-18(17)27-5/h9-11,13-15H,6-8,12H2,1-5H3,(H,22,25)/p+1/t13-,14-,15+/m0/s1. The fraction of sp³-hybridized carbons (Fsp3) is 0.600. The van der Waals surface area contributed by atoms with E-state index in [9.17, 15) is 9.59 Å². The number of methoxy groups -OCH3 is 1. The van der Waals surface area contributed by atoms with E-state index in [1.807, 2.05) is 18.9 Å². The van der Waals surface area contributed by atoms with Gasteiger partial charge < -0.3 is 19.9 Å². The number of carbonyl (C=O) groups is 2. The first-order valence-electron chi connectivity index (χ1n) is 9.52. The predicted molar refractivity (Wildman–Crippen MR) is 107 cm³/mol. The number of likely N-dealkylation sites (N-methyl/N-ethyl adjacent to an activating group) is 1. The van der Waals surface area contributed by atoms with E-state index in [0.717, 1.165) is 24.2 Å². The Kier molecular flexibility index (Phi) is 7.50. The number of quaternary nitrogens is 1. The Morgan fingerprint density at radius 1 is 1.33 bits per heavy atom. The molecule has 0 saturated carbocycles. The van der Waals surface area contributed by atoms with Crippen molar-refractivity contribution in [2.24, 2.45) is 0 Å². The Bertz CT molecular complexity index is 672. The Hall–Kier alpha value is -1.79. The summed E-state index contributed by atoms with van der Waals surface area (Å²) in [7, 11) is 3.41. The molecule has 0 aromatic heterocycles. The van der Waals surface area contributed by atoms with Crippen LogP contribution in [0.2, 0.25) is 5.02 Å². The van der Waals surface area contributed by atoms with Crippen LogP contribution in [0, 0.1) is 0 Å². The lowest BCUT2D eigenvalue weighted by molar-refractivity contribution is -0.886. The predicted octanol–water partition coefficient (Wildman–Crippen LogP) is 1.98. The van der Waals surface area contributed by atoms with E-state index in [-0.39, 0.29) is 36.5 Å². The van der Waals surface area contributed by atoms with Crippen molar-refractivity contribution in [3.8, 4) is 5.75 Å². The molecule has 27 heavy (non-hydrogen) atoms. The lowest BCUT2D eigenvalue weighted by Gasteiger charge is -2.40. The van der Waals surface area contributed by atoms with Crippen LogP contribution in [0.4, 0.5) is 5.69 Å². The van der Waals surface area contributed by atoms with Crippen molar-refractivity contribution in [3.63, 3.8) is 0 Å². The summed E-state index contributed by atoms with van der Waals surface area (Å²) in [6.07, 6.45) is 3.24. The van der Waals surface area contributed by atoms with Crippen LogP contribution in [0.3, 0.4) is 0 Å². The van der Waals surface area contributed by atoms with Crippen molar-refractivity contribution in [2.45, 2.75) is 58.2 Å².